The number of rotatable bonds is 2. The lowest BCUT2D eigenvalue weighted by atomic mass is 9.86. The van der Waals surface area contributed by atoms with Crippen LogP contribution in [0.3, 0.4) is 0 Å². The summed E-state index contributed by atoms with van der Waals surface area (Å²) in [6, 6.07) is 16.8. The molecule has 0 aliphatic carbocycles. The second-order valence-corrected chi connectivity index (χ2v) is 4.50. The Bertz CT molecular complexity index is 622. The highest BCUT2D eigenvalue weighted by atomic mass is 16.5. The second-order valence-electron chi connectivity index (χ2n) is 4.50. The van der Waals surface area contributed by atoms with Crippen LogP contribution in [0.15, 0.2) is 54.6 Å². The molecular weight excluding hydrogens is 238 g/mol. The first-order valence-electron chi connectivity index (χ1n) is 6.16. The summed E-state index contributed by atoms with van der Waals surface area (Å²) in [5, 5.41) is 7.52. The first kappa shape index (κ1) is 11.7. The lowest BCUT2D eigenvalue weighted by Gasteiger charge is -2.30. The molecule has 19 heavy (non-hydrogen) atoms. The molecule has 0 bridgehead atoms. The zero-order chi connectivity index (χ0) is 13.2. The van der Waals surface area contributed by atoms with E-state index >= 15 is 0 Å². The average molecular weight is 251 g/mol. The van der Waals surface area contributed by atoms with Gasteiger partial charge in [-0.1, -0.05) is 42.5 Å². The van der Waals surface area contributed by atoms with E-state index in [2.05, 4.69) is 0 Å². The smallest absolute Gasteiger partial charge is 0.179 e. The van der Waals surface area contributed by atoms with Gasteiger partial charge in [-0.05, 0) is 17.7 Å². The first-order valence-corrected chi connectivity index (χ1v) is 6.16. The van der Waals surface area contributed by atoms with Crippen LogP contribution in [0.1, 0.15) is 22.0 Å². The van der Waals surface area contributed by atoms with Gasteiger partial charge in [-0.15, -0.1) is 0 Å². The van der Waals surface area contributed by atoms with Crippen LogP contribution in [0.25, 0.3) is 0 Å². The van der Waals surface area contributed by atoms with Crippen molar-refractivity contribution in [3.8, 4) is 5.75 Å². The third kappa shape index (κ3) is 1.93. The highest BCUT2D eigenvalue weighted by Gasteiger charge is 2.36. The van der Waals surface area contributed by atoms with Crippen molar-refractivity contribution in [1.82, 2.24) is 0 Å². The maximum atomic E-state index is 12.4. The normalized spacial score (nSPS) is 21.4. The maximum absolute atomic E-state index is 12.4. The molecule has 2 unspecified atom stereocenters. The molecule has 3 heteroatoms. The summed E-state index contributed by atoms with van der Waals surface area (Å²) in [4.78, 5) is 12.4. The zero-order valence-electron chi connectivity index (χ0n) is 10.2. The van der Waals surface area contributed by atoms with Crippen LogP contribution in [0.4, 0.5) is 0 Å². The fourth-order valence-electron chi connectivity index (χ4n) is 2.38. The van der Waals surface area contributed by atoms with E-state index in [1.54, 1.807) is 12.1 Å². The predicted octanol–water partition coefficient (Wildman–Crippen LogP) is 3.27. The summed E-state index contributed by atoms with van der Waals surface area (Å²) in [6.07, 6.45) is 0.761. The Hall–Kier alpha value is -2.42. The summed E-state index contributed by atoms with van der Waals surface area (Å²) in [7, 11) is 0. The lowest BCUT2D eigenvalue weighted by Crippen LogP contribution is -2.32. The number of carbonyl (C=O) groups excluding carboxylic acids is 1. The number of fused-ring (bicyclic) bond motifs is 1. The molecule has 0 radical (unpaired) electrons. The number of ketones is 1. The third-order valence-corrected chi connectivity index (χ3v) is 3.34. The topological polar surface area (TPSA) is 50.2 Å². The van der Waals surface area contributed by atoms with Gasteiger partial charge in [0, 0.05) is 6.21 Å². The van der Waals surface area contributed by atoms with E-state index in [9.17, 15) is 4.79 Å². The van der Waals surface area contributed by atoms with Gasteiger partial charge in [-0.3, -0.25) is 4.79 Å². The number of carbonyl (C=O) groups is 1. The number of para-hydroxylation sites is 1. The summed E-state index contributed by atoms with van der Waals surface area (Å²) < 4.78 is 5.92. The Kier molecular flexibility index (Phi) is 2.88. The van der Waals surface area contributed by atoms with Crippen LogP contribution in [-0.4, -0.2) is 12.0 Å². The van der Waals surface area contributed by atoms with Gasteiger partial charge in [0.25, 0.3) is 0 Å². The van der Waals surface area contributed by atoms with Crippen molar-refractivity contribution < 1.29 is 9.53 Å². The molecule has 3 rings (SSSR count). The van der Waals surface area contributed by atoms with Crippen LogP contribution < -0.4 is 4.74 Å². The minimum Gasteiger partial charge on any atom is -0.484 e. The van der Waals surface area contributed by atoms with Crippen LogP contribution in [0.2, 0.25) is 0 Å². The molecule has 0 spiro atoms. The molecule has 1 aliphatic heterocycles. The van der Waals surface area contributed by atoms with Crippen molar-refractivity contribution in [2.75, 3.05) is 0 Å². The summed E-state index contributed by atoms with van der Waals surface area (Å²) in [5.41, 5.74) is 1.47. The van der Waals surface area contributed by atoms with Gasteiger partial charge >= 0.3 is 0 Å². The van der Waals surface area contributed by atoms with Crippen molar-refractivity contribution in [3.63, 3.8) is 0 Å². The maximum Gasteiger partial charge on any atom is 0.179 e. The lowest BCUT2D eigenvalue weighted by molar-refractivity contribution is 0.0771. The number of ether oxygens (including phenoxy) is 1. The van der Waals surface area contributed by atoms with Crippen molar-refractivity contribution in [2.24, 2.45) is 5.92 Å². The molecular formula is C16H13NO2. The van der Waals surface area contributed by atoms with E-state index in [-0.39, 0.29) is 5.78 Å². The van der Waals surface area contributed by atoms with Crippen molar-refractivity contribution in [3.05, 3.63) is 65.7 Å². The Morgan fingerprint density at radius 2 is 1.68 bits per heavy atom. The second kappa shape index (κ2) is 4.69. The molecule has 3 nitrogen and oxygen atoms in total. The van der Waals surface area contributed by atoms with Gasteiger partial charge in [0.15, 0.2) is 5.78 Å². The molecule has 2 aromatic carbocycles. The van der Waals surface area contributed by atoms with Crippen molar-refractivity contribution >= 4 is 12.0 Å². The summed E-state index contributed by atoms with van der Waals surface area (Å²) in [6.45, 7) is 0. The molecule has 1 N–H and O–H groups in total. The Balaban J connectivity index is 2.08. The fourth-order valence-corrected chi connectivity index (χ4v) is 2.38. The third-order valence-electron chi connectivity index (χ3n) is 3.34. The molecule has 0 fully saturated rings. The number of hydrogen-bond acceptors (Lipinski definition) is 3. The average Bonchev–Trinajstić information content (AvgIpc) is 2.48. The Morgan fingerprint density at radius 1 is 1.00 bits per heavy atom. The van der Waals surface area contributed by atoms with E-state index in [0.29, 0.717) is 11.3 Å². The number of nitrogens with one attached hydrogen (secondary N) is 1. The van der Waals surface area contributed by atoms with Crippen LogP contribution in [0.5, 0.6) is 5.75 Å². The molecule has 0 aromatic heterocycles. The van der Waals surface area contributed by atoms with Crippen molar-refractivity contribution in [2.45, 2.75) is 6.10 Å². The Morgan fingerprint density at radius 3 is 2.42 bits per heavy atom. The van der Waals surface area contributed by atoms with E-state index in [1.165, 1.54) is 6.21 Å². The van der Waals surface area contributed by atoms with E-state index < -0.39 is 12.0 Å². The molecule has 1 aliphatic rings. The molecule has 0 saturated carbocycles. The van der Waals surface area contributed by atoms with E-state index in [4.69, 9.17) is 10.1 Å². The van der Waals surface area contributed by atoms with Gasteiger partial charge in [0.2, 0.25) is 0 Å². The van der Waals surface area contributed by atoms with Crippen molar-refractivity contribution in [1.29, 1.82) is 5.41 Å². The SMILES string of the molecule is N=CC1C(=O)c2ccccc2OC1c1ccccc1. The molecule has 1 heterocycles. The highest BCUT2D eigenvalue weighted by molar-refractivity contribution is 6.08. The number of Topliss-reactive ketones (excluding diaryl/α,β-unsaturated/α-hetero) is 1. The van der Waals surface area contributed by atoms with E-state index in [1.807, 2.05) is 42.5 Å². The Labute approximate surface area is 111 Å². The summed E-state index contributed by atoms with van der Waals surface area (Å²) >= 11 is 0. The quantitative estimate of drug-likeness (QED) is 0.833. The minimum absolute atomic E-state index is 0.0503. The van der Waals surface area contributed by atoms with Gasteiger partial charge in [-0.25, -0.2) is 0 Å². The number of hydrogen-bond donors (Lipinski definition) is 1. The van der Waals surface area contributed by atoms with E-state index in [0.717, 1.165) is 5.56 Å². The molecule has 94 valence electrons. The van der Waals surface area contributed by atoms with Gasteiger partial charge < -0.3 is 10.1 Å². The highest BCUT2D eigenvalue weighted by Crippen LogP contribution is 2.37. The van der Waals surface area contributed by atoms with Crippen LogP contribution in [-0.2, 0) is 0 Å². The fraction of sp³-hybridized carbons (Fsp3) is 0.125. The number of benzene rings is 2. The summed E-state index contributed by atoms with van der Waals surface area (Å²) in [5.74, 6) is -0.0116. The molecule has 2 aromatic rings. The largest absolute Gasteiger partial charge is 0.484 e. The zero-order valence-corrected chi connectivity index (χ0v) is 10.2. The van der Waals surface area contributed by atoms with Gasteiger partial charge in [0.1, 0.15) is 11.9 Å². The predicted molar refractivity (Wildman–Crippen MR) is 72.9 cm³/mol. The molecule has 0 amide bonds. The van der Waals surface area contributed by atoms with Crippen LogP contribution in [0, 0.1) is 11.3 Å². The molecule has 0 saturated heterocycles. The van der Waals surface area contributed by atoms with Gasteiger partial charge in [-0.2, -0.15) is 0 Å². The first-order chi connectivity index (χ1) is 9.31. The van der Waals surface area contributed by atoms with Gasteiger partial charge in [0.05, 0.1) is 11.5 Å². The monoisotopic (exact) mass is 251 g/mol. The molecule has 2 atom stereocenters. The standard InChI is InChI=1S/C16H13NO2/c17-10-13-15(18)12-8-4-5-9-14(12)19-16(13)11-6-2-1-3-7-11/h1-10,13,16-17H. The van der Waals surface area contributed by atoms with Crippen LogP contribution >= 0.6 is 0 Å². The minimum atomic E-state index is -0.558.